The monoisotopic (exact) mass is 388 g/mol. The average Bonchev–Trinajstić information content (AvgIpc) is 2.63. The van der Waals surface area contributed by atoms with Gasteiger partial charge in [-0.25, -0.2) is 16.8 Å². The Bertz CT molecular complexity index is 633. The van der Waals surface area contributed by atoms with Crippen molar-refractivity contribution in [3.8, 4) is 0 Å². The summed E-state index contributed by atoms with van der Waals surface area (Å²) in [5, 5.41) is 0. The van der Waals surface area contributed by atoms with Gasteiger partial charge in [0.25, 0.3) is 0 Å². The Hall–Kier alpha value is -0.400. The zero-order chi connectivity index (χ0) is 17.9. The number of hydrogen-bond donors (Lipinski definition) is 0. The Morgan fingerprint density at radius 2 is 0.800 bits per heavy atom. The molecule has 25 heavy (non-hydrogen) atoms. The van der Waals surface area contributed by atoms with Gasteiger partial charge >= 0.3 is 0 Å². The maximum Gasteiger partial charge on any atom is 0.109 e. The van der Waals surface area contributed by atoms with E-state index in [0.717, 1.165) is 77.0 Å². The molecule has 0 amide bonds. The Balaban J connectivity index is 2.01. The van der Waals surface area contributed by atoms with Crippen molar-refractivity contribution in [3.63, 3.8) is 0 Å². The van der Waals surface area contributed by atoms with Gasteiger partial charge in [-0.05, 0) is 37.5 Å². The second-order valence-corrected chi connectivity index (χ2v) is 11.2. The second-order valence-electron chi connectivity index (χ2n) is 7.84. The van der Waals surface area contributed by atoms with Crippen LogP contribution < -0.4 is 0 Å². The number of rotatable bonds is 2. The summed E-state index contributed by atoms with van der Waals surface area (Å²) in [7, 11) is -8.05. The van der Waals surface area contributed by atoms with Crippen molar-refractivity contribution in [2.24, 2.45) is 11.8 Å². The van der Waals surface area contributed by atoms with E-state index in [2.05, 4.69) is 4.13 Å². The fourth-order valence-corrected chi connectivity index (χ4v) is 9.19. The summed E-state index contributed by atoms with van der Waals surface area (Å²) in [4.78, 5) is 0.361. The Morgan fingerprint density at radius 3 is 1.12 bits per heavy atom. The van der Waals surface area contributed by atoms with Crippen molar-refractivity contribution >= 4 is 20.0 Å². The highest BCUT2D eigenvalue weighted by atomic mass is 32.3. The largest absolute Gasteiger partial charge is 0.428 e. The fraction of sp³-hybridized carbons (Fsp3) is 0.889. The van der Waals surface area contributed by atoms with E-state index in [1.54, 1.807) is 0 Å². The molecule has 3 rings (SSSR count). The molecule has 144 valence electrons. The molecule has 0 N–H and O–H groups in total. The van der Waals surface area contributed by atoms with Gasteiger partial charge in [-0.2, -0.15) is 0 Å². The first kappa shape index (κ1) is 19.4. The van der Waals surface area contributed by atoms with Crippen LogP contribution in [0.3, 0.4) is 0 Å². The molecule has 0 aromatic heterocycles. The lowest BCUT2D eigenvalue weighted by Gasteiger charge is -2.26. The maximum atomic E-state index is 12.7. The normalized spacial score (nSPS) is 29.6. The number of nitrogens with zero attached hydrogens (tertiary/aromatic N) is 1. The predicted octanol–water partition coefficient (Wildman–Crippen LogP) is 4.97. The molecule has 0 aromatic rings. The molecule has 5 nitrogen and oxygen atoms in total. The van der Waals surface area contributed by atoms with Gasteiger partial charge in [0.05, 0.1) is 0 Å². The van der Waals surface area contributed by atoms with Crippen LogP contribution in [0.1, 0.15) is 89.9 Å². The van der Waals surface area contributed by atoms with Gasteiger partial charge in [-0.15, -0.1) is 0 Å². The lowest BCUT2D eigenvalue weighted by molar-refractivity contribution is 0.407. The molecular weight excluding hydrogens is 358 g/mol. The van der Waals surface area contributed by atoms with Crippen LogP contribution in [0.5, 0.6) is 0 Å². The van der Waals surface area contributed by atoms with Crippen molar-refractivity contribution < 1.29 is 16.8 Å². The van der Waals surface area contributed by atoms with Gasteiger partial charge in [-0.3, -0.25) is 0 Å². The van der Waals surface area contributed by atoms with E-state index in [1.165, 1.54) is 12.8 Å². The van der Waals surface area contributed by atoms with Gasteiger partial charge in [0.2, 0.25) is 0 Å². The lowest BCUT2D eigenvalue weighted by Crippen LogP contribution is -2.17. The third-order valence-electron chi connectivity index (χ3n) is 5.95. The molecular formula is C18H30NO4S2-. The van der Waals surface area contributed by atoms with Crippen LogP contribution >= 0.6 is 0 Å². The van der Waals surface area contributed by atoms with Crippen molar-refractivity contribution in [1.82, 2.24) is 0 Å². The van der Waals surface area contributed by atoms with Crippen LogP contribution in [0.4, 0.5) is 0 Å². The van der Waals surface area contributed by atoms with Gasteiger partial charge in [0.1, 0.15) is 20.0 Å². The highest BCUT2D eigenvalue weighted by molar-refractivity contribution is 8.18. The molecule has 0 radical (unpaired) electrons. The third kappa shape index (κ3) is 4.48. The standard InChI is InChI=1S/C18H30NO4S2/c20-24(21)17(15-11-7-3-1-4-8-12-15)18(25(22,23)19-24)16-13-9-5-2-6-10-14-16/h15-16H,1-14H2/q-1. The van der Waals surface area contributed by atoms with E-state index in [9.17, 15) is 16.8 Å². The summed E-state index contributed by atoms with van der Waals surface area (Å²) in [6.45, 7) is 0. The first-order valence-electron chi connectivity index (χ1n) is 9.90. The van der Waals surface area contributed by atoms with E-state index in [0.29, 0.717) is 0 Å². The molecule has 0 aromatic carbocycles. The molecule has 0 atom stereocenters. The molecule has 0 unspecified atom stereocenters. The zero-order valence-corrected chi connectivity index (χ0v) is 16.6. The average molecular weight is 389 g/mol. The van der Waals surface area contributed by atoms with Crippen molar-refractivity contribution in [1.29, 1.82) is 0 Å². The summed E-state index contributed by atoms with van der Waals surface area (Å²) in [5.41, 5.74) is 0. The van der Waals surface area contributed by atoms with E-state index in [4.69, 9.17) is 0 Å². The summed E-state index contributed by atoms with van der Waals surface area (Å²) in [5.74, 6) is -0.321. The van der Waals surface area contributed by atoms with E-state index in [-0.39, 0.29) is 21.6 Å². The first-order valence-corrected chi connectivity index (χ1v) is 12.8. The summed E-state index contributed by atoms with van der Waals surface area (Å²) in [6, 6.07) is 0. The molecule has 2 saturated carbocycles. The smallest absolute Gasteiger partial charge is 0.109 e. The van der Waals surface area contributed by atoms with Crippen LogP contribution in [0.15, 0.2) is 9.81 Å². The first-order chi connectivity index (χ1) is 11.9. The minimum Gasteiger partial charge on any atom is -0.428 e. The van der Waals surface area contributed by atoms with Gasteiger partial charge in [-0.1, -0.05) is 64.2 Å². The molecule has 2 aliphatic carbocycles. The SMILES string of the molecule is O=S1(=O)[N-]S(=O)(=O)C(C2CCCCCCC2)=C1C1CCCCCCC1. The van der Waals surface area contributed by atoms with Crippen LogP contribution in [-0.2, 0) is 20.0 Å². The number of hydrogen-bond acceptors (Lipinski definition) is 4. The molecule has 1 aliphatic heterocycles. The van der Waals surface area contributed by atoms with Gasteiger partial charge in [0.15, 0.2) is 0 Å². The maximum absolute atomic E-state index is 12.7. The third-order valence-corrected chi connectivity index (χ3v) is 9.86. The molecule has 2 fully saturated rings. The summed E-state index contributed by atoms with van der Waals surface area (Å²) in [6.07, 6.45) is 13.8. The summed E-state index contributed by atoms with van der Waals surface area (Å²) >= 11 is 0. The van der Waals surface area contributed by atoms with Crippen LogP contribution in [0, 0.1) is 11.8 Å². The fourth-order valence-electron chi connectivity index (χ4n) is 4.72. The molecule has 1 heterocycles. The Labute approximate surface area is 152 Å². The van der Waals surface area contributed by atoms with Crippen molar-refractivity contribution in [2.45, 2.75) is 89.9 Å². The zero-order valence-electron chi connectivity index (χ0n) is 15.0. The molecule has 0 saturated heterocycles. The van der Waals surface area contributed by atoms with E-state index >= 15 is 0 Å². The lowest BCUT2D eigenvalue weighted by atomic mass is 9.86. The molecule has 0 spiro atoms. The van der Waals surface area contributed by atoms with Crippen molar-refractivity contribution in [3.05, 3.63) is 13.9 Å². The number of sulfonamides is 2. The Morgan fingerprint density at radius 1 is 0.520 bits per heavy atom. The van der Waals surface area contributed by atoms with E-state index in [1.807, 2.05) is 0 Å². The van der Waals surface area contributed by atoms with Gasteiger partial charge < -0.3 is 4.13 Å². The quantitative estimate of drug-likeness (QED) is 0.669. The van der Waals surface area contributed by atoms with Crippen molar-refractivity contribution in [2.75, 3.05) is 0 Å². The minimum atomic E-state index is -4.03. The predicted molar refractivity (Wildman–Crippen MR) is 99.8 cm³/mol. The molecule has 7 heteroatoms. The highest BCUT2D eigenvalue weighted by Crippen LogP contribution is 2.48. The topological polar surface area (TPSA) is 82.4 Å². The highest BCUT2D eigenvalue weighted by Gasteiger charge is 2.39. The molecule has 0 bridgehead atoms. The summed E-state index contributed by atoms with van der Waals surface area (Å²) < 4.78 is 54.1. The van der Waals surface area contributed by atoms with Crippen LogP contribution in [0.2, 0.25) is 0 Å². The minimum absolute atomic E-state index is 0.160. The Kier molecular flexibility index (Phi) is 6.27. The van der Waals surface area contributed by atoms with Crippen LogP contribution in [-0.4, -0.2) is 16.8 Å². The van der Waals surface area contributed by atoms with Crippen LogP contribution in [0.25, 0.3) is 4.13 Å². The van der Waals surface area contributed by atoms with E-state index < -0.39 is 20.0 Å². The second kappa shape index (κ2) is 8.09. The molecule has 3 aliphatic rings. The van der Waals surface area contributed by atoms with Gasteiger partial charge in [0, 0.05) is 9.81 Å². The number of allylic oxidation sites excluding steroid dienone is 2.